The Hall–Kier alpha value is -0.280. The van der Waals surface area contributed by atoms with Gasteiger partial charge in [0, 0.05) is 12.8 Å². The Bertz CT molecular complexity index is 136. The molecule has 0 fully saturated rings. The lowest BCUT2D eigenvalue weighted by Gasteiger charge is -2.07. The number of aliphatic hydroxyl groups is 1. The molecule has 15 heavy (non-hydrogen) atoms. The molecule has 0 aromatic rings. The number of hydrogen-bond donors (Lipinski definition) is 2. The molecule has 4 heteroatoms. The van der Waals surface area contributed by atoms with Crippen molar-refractivity contribution >= 4 is 17.6 Å². The first-order valence-electron chi connectivity index (χ1n) is 5.48. The van der Waals surface area contributed by atoms with Crippen molar-refractivity contribution < 1.29 is 15.0 Å². The predicted molar refractivity (Wildman–Crippen MR) is 63.4 cm³/mol. The number of aliphatic hydroxyl groups excluding tert-OH is 1. The number of carbonyl (C=O) groups is 1. The highest BCUT2D eigenvalue weighted by molar-refractivity contribution is 6.17. The van der Waals surface area contributed by atoms with Gasteiger partial charge in [-0.15, -0.1) is 11.6 Å². The van der Waals surface area contributed by atoms with Crippen LogP contribution in [0.1, 0.15) is 52.4 Å². The van der Waals surface area contributed by atoms with E-state index in [-0.39, 0.29) is 6.10 Å². The number of unbranched alkanes of at least 4 members (excludes halogenated alkanes) is 2. The molecule has 0 amide bonds. The minimum absolute atomic E-state index is 0.0850. The van der Waals surface area contributed by atoms with E-state index < -0.39 is 5.97 Å². The fraction of sp³-hybridized carbons (Fsp3) is 0.909. The number of hydrogen-bond acceptors (Lipinski definition) is 2. The van der Waals surface area contributed by atoms with Gasteiger partial charge < -0.3 is 10.2 Å². The largest absolute Gasteiger partial charge is 0.481 e. The topological polar surface area (TPSA) is 57.5 Å². The molecule has 3 nitrogen and oxygen atoms in total. The van der Waals surface area contributed by atoms with Crippen LogP contribution in [0.4, 0.5) is 0 Å². The van der Waals surface area contributed by atoms with Crippen LogP contribution in [0.25, 0.3) is 0 Å². The van der Waals surface area contributed by atoms with E-state index in [0.29, 0.717) is 0 Å². The molecule has 0 aliphatic rings. The first-order valence-corrected chi connectivity index (χ1v) is 6.01. The van der Waals surface area contributed by atoms with Crippen molar-refractivity contribution in [1.82, 2.24) is 0 Å². The molecule has 0 saturated carbocycles. The summed E-state index contributed by atoms with van der Waals surface area (Å²) >= 11 is 5.51. The van der Waals surface area contributed by atoms with Crippen LogP contribution in [0.2, 0.25) is 0 Å². The second-order valence-corrected chi connectivity index (χ2v) is 3.88. The predicted octanol–water partition coefficient (Wildman–Crippen LogP) is 3.04. The van der Waals surface area contributed by atoms with Crippen LogP contribution in [-0.2, 0) is 4.79 Å². The summed E-state index contributed by atoms with van der Waals surface area (Å²) in [5, 5.41) is 16.8. The zero-order valence-electron chi connectivity index (χ0n) is 9.71. The summed E-state index contributed by atoms with van der Waals surface area (Å²) in [6, 6.07) is 0. The van der Waals surface area contributed by atoms with E-state index in [1.807, 2.05) is 0 Å². The first kappa shape index (κ1) is 17.1. The van der Waals surface area contributed by atoms with Gasteiger partial charge in [0.1, 0.15) is 0 Å². The highest BCUT2D eigenvalue weighted by Crippen LogP contribution is 2.08. The van der Waals surface area contributed by atoms with Crippen LogP contribution in [0, 0.1) is 0 Å². The number of halogens is 1. The van der Waals surface area contributed by atoms with E-state index in [1.54, 1.807) is 0 Å². The molecular weight excluding hydrogens is 216 g/mol. The molecule has 1 unspecified atom stereocenters. The van der Waals surface area contributed by atoms with Gasteiger partial charge in [0.25, 0.3) is 5.97 Å². The third-order valence-electron chi connectivity index (χ3n) is 1.81. The van der Waals surface area contributed by atoms with Crippen molar-refractivity contribution in [3.63, 3.8) is 0 Å². The number of aliphatic carboxylic acids is 1. The fourth-order valence-corrected chi connectivity index (χ4v) is 1.25. The fourth-order valence-electron chi connectivity index (χ4n) is 1.06. The smallest absolute Gasteiger partial charge is 0.300 e. The van der Waals surface area contributed by atoms with Crippen LogP contribution in [-0.4, -0.2) is 28.2 Å². The highest BCUT2D eigenvalue weighted by atomic mass is 35.5. The van der Waals surface area contributed by atoms with E-state index >= 15 is 0 Å². The van der Waals surface area contributed by atoms with Gasteiger partial charge in [-0.1, -0.05) is 19.8 Å². The van der Waals surface area contributed by atoms with Gasteiger partial charge in [-0.05, 0) is 25.7 Å². The molecule has 0 saturated heterocycles. The molecular formula is C11H23ClO3. The Morgan fingerprint density at radius 3 is 2.13 bits per heavy atom. The molecule has 0 radical (unpaired) electrons. The summed E-state index contributed by atoms with van der Waals surface area (Å²) in [6.07, 6.45) is 6.21. The zero-order valence-corrected chi connectivity index (χ0v) is 10.5. The lowest BCUT2D eigenvalue weighted by atomic mass is 10.1. The van der Waals surface area contributed by atoms with Crippen molar-refractivity contribution in [2.24, 2.45) is 0 Å². The van der Waals surface area contributed by atoms with E-state index in [2.05, 4.69) is 6.92 Å². The lowest BCUT2D eigenvalue weighted by Crippen LogP contribution is -2.05. The number of carboxylic acids is 1. The van der Waals surface area contributed by atoms with Gasteiger partial charge in [-0.2, -0.15) is 0 Å². The Labute approximate surface area is 97.4 Å². The molecule has 0 spiro atoms. The molecule has 0 aromatic carbocycles. The third kappa shape index (κ3) is 24.8. The van der Waals surface area contributed by atoms with E-state index in [1.165, 1.54) is 6.42 Å². The minimum atomic E-state index is -0.833. The van der Waals surface area contributed by atoms with Gasteiger partial charge in [-0.25, -0.2) is 0 Å². The second-order valence-electron chi connectivity index (χ2n) is 3.50. The molecule has 1 atom stereocenters. The number of rotatable bonds is 7. The van der Waals surface area contributed by atoms with Gasteiger partial charge in [-0.3, -0.25) is 4.79 Å². The summed E-state index contributed by atoms with van der Waals surface area (Å²) in [4.78, 5) is 9.00. The average molecular weight is 239 g/mol. The van der Waals surface area contributed by atoms with Gasteiger partial charge in [0.15, 0.2) is 0 Å². The Kier molecular flexibility index (Phi) is 15.7. The van der Waals surface area contributed by atoms with Crippen molar-refractivity contribution in [2.45, 2.75) is 58.5 Å². The normalized spacial score (nSPS) is 11.5. The molecule has 0 bridgehead atoms. The molecule has 0 rings (SSSR count). The molecule has 2 N–H and O–H groups in total. The van der Waals surface area contributed by atoms with E-state index in [9.17, 15) is 5.11 Å². The van der Waals surface area contributed by atoms with Crippen molar-refractivity contribution in [1.29, 1.82) is 0 Å². The maximum Gasteiger partial charge on any atom is 0.300 e. The second kappa shape index (κ2) is 13.7. The maximum atomic E-state index is 9.36. The molecule has 0 aromatic heterocycles. The average Bonchev–Trinajstić information content (AvgIpc) is 2.14. The zero-order chi connectivity index (χ0) is 12.1. The summed E-state index contributed by atoms with van der Waals surface area (Å²) in [5.41, 5.74) is 0. The van der Waals surface area contributed by atoms with Gasteiger partial charge in [0.05, 0.1) is 6.10 Å². The Balaban J connectivity index is 0. The Morgan fingerprint density at radius 2 is 1.73 bits per heavy atom. The summed E-state index contributed by atoms with van der Waals surface area (Å²) in [5.74, 6) is -0.111. The molecule has 0 heterocycles. The molecule has 92 valence electrons. The third-order valence-corrected chi connectivity index (χ3v) is 2.08. The lowest BCUT2D eigenvalue weighted by molar-refractivity contribution is -0.134. The monoisotopic (exact) mass is 238 g/mol. The number of carboxylic acid groups (broad SMARTS) is 1. The summed E-state index contributed by atoms with van der Waals surface area (Å²) in [6.45, 7) is 3.23. The number of alkyl halides is 1. The van der Waals surface area contributed by atoms with Crippen LogP contribution in [0.5, 0.6) is 0 Å². The Morgan fingerprint density at radius 1 is 1.27 bits per heavy atom. The quantitative estimate of drug-likeness (QED) is 0.530. The van der Waals surface area contributed by atoms with Crippen LogP contribution in [0.15, 0.2) is 0 Å². The SMILES string of the molecule is CC(=O)O.CCCCC(O)CCCCCl. The van der Waals surface area contributed by atoms with Crippen LogP contribution >= 0.6 is 11.6 Å². The van der Waals surface area contributed by atoms with Crippen LogP contribution < -0.4 is 0 Å². The highest BCUT2D eigenvalue weighted by Gasteiger charge is 2.01. The minimum Gasteiger partial charge on any atom is -0.481 e. The van der Waals surface area contributed by atoms with Crippen molar-refractivity contribution in [2.75, 3.05) is 5.88 Å². The van der Waals surface area contributed by atoms with E-state index in [4.69, 9.17) is 21.5 Å². The summed E-state index contributed by atoms with van der Waals surface area (Å²) in [7, 11) is 0. The van der Waals surface area contributed by atoms with Gasteiger partial charge >= 0.3 is 0 Å². The van der Waals surface area contributed by atoms with Crippen LogP contribution in [0.3, 0.4) is 0 Å². The summed E-state index contributed by atoms with van der Waals surface area (Å²) < 4.78 is 0. The standard InChI is InChI=1S/C9H19ClO.C2H4O2/c1-2-3-6-9(11)7-4-5-8-10;1-2(3)4/h9,11H,2-8H2,1H3;1H3,(H,3,4). The van der Waals surface area contributed by atoms with E-state index in [0.717, 1.165) is 44.9 Å². The molecule has 0 aliphatic carbocycles. The van der Waals surface area contributed by atoms with Crippen molar-refractivity contribution in [3.8, 4) is 0 Å². The first-order chi connectivity index (χ1) is 7.04. The van der Waals surface area contributed by atoms with Crippen molar-refractivity contribution in [3.05, 3.63) is 0 Å². The molecule has 0 aliphatic heterocycles. The maximum absolute atomic E-state index is 9.36. The van der Waals surface area contributed by atoms with Gasteiger partial charge in [0.2, 0.25) is 0 Å².